The molecule has 0 atom stereocenters. The molecule has 0 amide bonds. The van der Waals surface area contributed by atoms with E-state index in [4.69, 9.17) is 1.37 Å². The molecule has 2 heteroatoms. The second-order valence-corrected chi connectivity index (χ2v) is 11.0. The van der Waals surface area contributed by atoms with Gasteiger partial charge in [-0.05, 0) is 73.9 Å². The van der Waals surface area contributed by atoms with E-state index >= 15 is 0 Å². The van der Waals surface area contributed by atoms with E-state index in [9.17, 15) is 0 Å². The van der Waals surface area contributed by atoms with Crippen molar-refractivity contribution in [3.63, 3.8) is 0 Å². The maximum atomic E-state index is 8.99. The number of nitrogens with zero attached hydrogens (tertiary/aromatic N) is 2. The normalized spacial score (nSPS) is 15.2. The van der Waals surface area contributed by atoms with Crippen LogP contribution in [0.1, 0.15) is 63.8 Å². The van der Waals surface area contributed by atoms with Gasteiger partial charge in [0.05, 0.1) is 17.8 Å². The second-order valence-electron chi connectivity index (χ2n) is 11.0. The molecule has 1 aliphatic carbocycles. The summed E-state index contributed by atoms with van der Waals surface area (Å²) in [4.78, 5) is 0. The Morgan fingerprint density at radius 3 is 2.49 bits per heavy atom. The van der Waals surface area contributed by atoms with Crippen molar-refractivity contribution in [3.8, 4) is 11.3 Å². The number of pyridine rings is 1. The van der Waals surface area contributed by atoms with Crippen molar-refractivity contribution in [1.82, 2.24) is 4.57 Å². The highest BCUT2D eigenvalue weighted by Gasteiger charge is 2.23. The molecule has 6 rings (SSSR count). The molecule has 2 nitrogen and oxygen atoms in total. The smallest absolute Gasteiger partial charge is 0.220 e. The van der Waals surface area contributed by atoms with Crippen LogP contribution in [0.4, 0.5) is 0 Å². The SMILES string of the molecule is [2H]c1c(C)[n+](C)c(-c2cc3c(cc2C)c2ccccc2n3C(C)C)c2ccc(CC3CCCC3)cc12. The highest BCUT2D eigenvalue weighted by atomic mass is 15.0. The molecule has 0 saturated heterocycles. The Morgan fingerprint density at radius 1 is 0.943 bits per heavy atom. The Hall–Kier alpha value is -3.13. The zero-order valence-corrected chi connectivity index (χ0v) is 21.8. The van der Waals surface area contributed by atoms with Gasteiger partial charge in [-0.1, -0.05) is 56.0 Å². The monoisotopic (exact) mass is 462 g/mol. The van der Waals surface area contributed by atoms with Crippen molar-refractivity contribution in [3.05, 3.63) is 77.5 Å². The Labute approximate surface area is 210 Å². The predicted octanol–water partition coefficient (Wildman–Crippen LogP) is 8.37. The van der Waals surface area contributed by atoms with Crippen LogP contribution in [-0.4, -0.2) is 4.57 Å². The standard InChI is InChI=1S/C33H37N2/c1-21(2)35-31-13-9-8-12-28(31)30-16-22(3)29(20-32(30)35)33-27-15-14-25(18-24-10-6-7-11-24)19-26(27)17-23(4)34(33)5/h8-9,12-17,19-21,24H,6-7,10-11,18H2,1-5H3/q+1/i17D. The van der Waals surface area contributed by atoms with Gasteiger partial charge in [0, 0.05) is 35.3 Å². The third-order valence-electron chi connectivity index (χ3n) is 8.32. The average molecular weight is 463 g/mol. The number of aromatic nitrogens is 2. The van der Waals surface area contributed by atoms with Crippen LogP contribution in [-0.2, 0) is 13.5 Å². The summed E-state index contributed by atoms with van der Waals surface area (Å²) in [5.41, 5.74) is 8.72. The molecule has 35 heavy (non-hydrogen) atoms. The summed E-state index contributed by atoms with van der Waals surface area (Å²) in [7, 11) is 2.12. The minimum absolute atomic E-state index is 0.365. The Bertz CT molecular complexity index is 1630. The molecule has 0 bridgehead atoms. The van der Waals surface area contributed by atoms with Gasteiger partial charge >= 0.3 is 0 Å². The highest BCUT2D eigenvalue weighted by Crippen LogP contribution is 2.38. The van der Waals surface area contributed by atoms with Crippen LogP contribution in [0.15, 0.2) is 60.6 Å². The van der Waals surface area contributed by atoms with Crippen molar-refractivity contribution in [2.75, 3.05) is 0 Å². The molecule has 0 spiro atoms. The number of aryl methyl sites for hydroxylation is 1. The first kappa shape index (κ1) is 21.2. The maximum Gasteiger partial charge on any atom is 0.220 e. The molecule has 1 aliphatic rings. The summed E-state index contributed by atoms with van der Waals surface area (Å²) in [6, 6.07) is 21.5. The molecule has 3 aromatic carbocycles. The number of para-hydroxylation sites is 1. The molecule has 0 N–H and O–H groups in total. The first-order valence-electron chi connectivity index (χ1n) is 13.8. The fraction of sp³-hybridized carbons (Fsp3) is 0.364. The van der Waals surface area contributed by atoms with Gasteiger partial charge in [-0.25, -0.2) is 0 Å². The lowest BCUT2D eigenvalue weighted by atomic mass is 9.93. The van der Waals surface area contributed by atoms with Crippen LogP contribution < -0.4 is 4.57 Å². The summed E-state index contributed by atoms with van der Waals surface area (Å²) >= 11 is 0. The van der Waals surface area contributed by atoms with E-state index in [1.165, 1.54) is 75.3 Å². The van der Waals surface area contributed by atoms with Crippen LogP contribution in [0, 0.1) is 19.8 Å². The third-order valence-corrected chi connectivity index (χ3v) is 8.32. The average Bonchev–Trinajstić information content (AvgIpc) is 3.49. The fourth-order valence-corrected chi connectivity index (χ4v) is 6.49. The summed E-state index contributed by atoms with van der Waals surface area (Å²) in [5, 5.41) is 4.90. The molecule has 0 radical (unpaired) electrons. The molecule has 1 fully saturated rings. The molecular weight excluding hydrogens is 424 g/mol. The Kier molecular flexibility index (Phi) is 5.15. The number of hydrogen-bond donors (Lipinski definition) is 0. The van der Waals surface area contributed by atoms with Gasteiger partial charge in [0.25, 0.3) is 0 Å². The summed E-state index contributed by atoms with van der Waals surface area (Å²) in [5.74, 6) is 0.805. The number of hydrogen-bond acceptors (Lipinski definition) is 0. The topological polar surface area (TPSA) is 8.81 Å². The lowest BCUT2D eigenvalue weighted by Crippen LogP contribution is -2.35. The fourth-order valence-electron chi connectivity index (χ4n) is 6.49. The third kappa shape index (κ3) is 3.66. The summed E-state index contributed by atoms with van der Waals surface area (Å²) in [6.07, 6.45) is 6.59. The van der Waals surface area contributed by atoms with Crippen molar-refractivity contribution in [1.29, 1.82) is 0 Å². The van der Waals surface area contributed by atoms with Crippen molar-refractivity contribution in [2.24, 2.45) is 13.0 Å². The molecular formula is C33H37N2+. The molecule has 5 aromatic rings. The molecule has 0 unspecified atom stereocenters. The van der Waals surface area contributed by atoms with Crippen LogP contribution in [0.5, 0.6) is 0 Å². The Morgan fingerprint density at radius 2 is 1.71 bits per heavy atom. The van der Waals surface area contributed by atoms with E-state index in [1.807, 2.05) is 0 Å². The molecule has 0 aliphatic heterocycles. The van der Waals surface area contributed by atoms with Gasteiger partial charge in [-0.3, -0.25) is 0 Å². The van der Waals surface area contributed by atoms with E-state index in [2.05, 4.69) is 98.5 Å². The molecule has 1 saturated carbocycles. The van der Waals surface area contributed by atoms with Gasteiger partial charge in [0.1, 0.15) is 7.05 Å². The van der Waals surface area contributed by atoms with E-state index < -0.39 is 0 Å². The van der Waals surface area contributed by atoms with Crippen molar-refractivity contribution >= 4 is 32.6 Å². The van der Waals surface area contributed by atoms with Gasteiger partial charge in [0.15, 0.2) is 5.69 Å². The van der Waals surface area contributed by atoms with Crippen LogP contribution in [0.3, 0.4) is 0 Å². The largest absolute Gasteiger partial charge is 0.338 e. The van der Waals surface area contributed by atoms with Crippen LogP contribution in [0.2, 0.25) is 0 Å². The van der Waals surface area contributed by atoms with Gasteiger partial charge in [0.2, 0.25) is 5.69 Å². The van der Waals surface area contributed by atoms with Crippen molar-refractivity contribution in [2.45, 2.75) is 65.8 Å². The van der Waals surface area contributed by atoms with Crippen LogP contribution in [0.25, 0.3) is 43.8 Å². The summed E-state index contributed by atoms with van der Waals surface area (Å²) < 4.78 is 13.7. The summed E-state index contributed by atoms with van der Waals surface area (Å²) in [6.45, 7) is 8.87. The lowest BCUT2D eigenvalue weighted by molar-refractivity contribution is -0.665. The van der Waals surface area contributed by atoms with E-state index in [-0.39, 0.29) is 0 Å². The van der Waals surface area contributed by atoms with E-state index in [1.54, 1.807) is 0 Å². The van der Waals surface area contributed by atoms with E-state index in [0.29, 0.717) is 12.1 Å². The van der Waals surface area contributed by atoms with E-state index in [0.717, 1.165) is 23.4 Å². The van der Waals surface area contributed by atoms with Gasteiger partial charge in [-0.2, -0.15) is 4.57 Å². The molecule has 178 valence electrons. The van der Waals surface area contributed by atoms with Crippen molar-refractivity contribution < 1.29 is 5.94 Å². The van der Waals surface area contributed by atoms with Gasteiger partial charge < -0.3 is 4.57 Å². The quantitative estimate of drug-likeness (QED) is 0.237. The number of fused-ring (bicyclic) bond motifs is 4. The lowest BCUT2D eigenvalue weighted by Gasteiger charge is -2.15. The Balaban J connectivity index is 1.61. The highest BCUT2D eigenvalue weighted by molar-refractivity contribution is 6.10. The second kappa shape index (κ2) is 8.52. The minimum Gasteiger partial charge on any atom is -0.338 e. The number of rotatable bonds is 4. The first-order valence-corrected chi connectivity index (χ1v) is 13.3. The maximum absolute atomic E-state index is 8.99. The zero-order valence-electron chi connectivity index (χ0n) is 22.8. The first-order chi connectivity index (χ1) is 17.3. The minimum atomic E-state index is 0.365. The van der Waals surface area contributed by atoms with Crippen LogP contribution >= 0.6 is 0 Å². The number of benzene rings is 3. The molecule has 2 heterocycles. The zero-order chi connectivity index (χ0) is 25.1. The molecule has 2 aromatic heterocycles. The van der Waals surface area contributed by atoms with Gasteiger partial charge in [-0.15, -0.1) is 0 Å². The predicted molar refractivity (Wildman–Crippen MR) is 149 cm³/mol.